The van der Waals surface area contributed by atoms with Crippen molar-refractivity contribution in [3.8, 4) is 17.6 Å². The molecule has 2 aromatic carbocycles. The molecular formula is C29H33N3O4. The van der Waals surface area contributed by atoms with E-state index in [1.54, 1.807) is 6.92 Å². The first-order valence-electron chi connectivity index (χ1n) is 12.6. The first-order valence-corrected chi connectivity index (χ1v) is 12.6. The van der Waals surface area contributed by atoms with E-state index in [1.165, 1.54) is 4.90 Å². The summed E-state index contributed by atoms with van der Waals surface area (Å²) in [5.41, 5.74) is 0.144. The van der Waals surface area contributed by atoms with Crippen LogP contribution >= 0.6 is 0 Å². The second kappa shape index (κ2) is 11.8. The van der Waals surface area contributed by atoms with Gasteiger partial charge in [-0.15, -0.1) is 5.92 Å². The van der Waals surface area contributed by atoms with Gasteiger partial charge in [-0.1, -0.05) is 54.5 Å². The number of carbonyl (C=O) groups excluding carboxylic acids is 3. The number of likely N-dealkylation sites (tertiary alicyclic amines) is 1. The zero-order valence-corrected chi connectivity index (χ0v) is 20.7. The standard InChI is InChI=1S/C29H33N3O4/c1-2-3-19-32-27(34)29(30-28(32)35,18-14-23-10-6-4-7-11-23)24-15-20-31(21-16-24)26(33)17-22-36-25-12-8-5-9-13-25/h4-13,24H,14-22H2,1H3,(H,30,35)/t29-/m0/s1. The van der Waals surface area contributed by atoms with Gasteiger partial charge in [0.25, 0.3) is 5.91 Å². The lowest BCUT2D eigenvalue weighted by molar-refractivity contribution is -0.136. The van der Waals surface area contributed by atoms with Crippen molar-refractivity contribution in [2.75, 3.05) is 26.2 Å². The Balaban J connectivity index is 1.40. The number of hydrogen-bond donors (Lipinski definition) is 1. The van der Waals surface area contributed by atoms with Gasteiger partial charge in [-0.05, 0) is 56.2 Å². The molecule has 36 heavy (non-hydrogen) atoms. The molecule has 188 valence electrons. The van der Waals surface area contributed by atoms with E-state index in [0.29, 0.717) is 51.8 Å². The van der Waals surface area contributed by atoms with Crippen LogP contribution in [0, 0.1) is 17.8 Å². The summed E-state index contributed by atoms with van der Waals surface area (Å²) in [7, 11) is 0. The van der Waals surface area contributed by atoms with Crippen LogP contribution in [0.2, 0.25) is 0 Å². The number of rotatable bonds is 9. The largest absolute Gasteiger partial charge is 0.493 e. The van der Waals surface area contributed by atoms with Crippen molar-refractivity contribution in [3.63, 3.8) is 0 Å². The number of imide groups is 1. The Kier molecular flexibility index (Phi) is 8.27. The second-order valence-corrected chi connectivity index (χ2v) is 9.27. The summed E-state index contributed by atoms with van der Waals surface area (Å²) in [6, 6.07) is 19.1. The fourth-order valence-electron chi connectivity index (χ4n) is 5.14. The van der Waals surface area contributed by atoms with E-state index in [2.05, 4.69) is 17.2 Å². The summed E-state index contributed by atoms with van der Waals surface area (Å²) < 4.78 is 5.67. The first kappa shape index (κ1) is 25.3. The van der Waals surface area contributed by atoms with Crippen molar-refractivity contribution >= 4 is 17.8 Å². The maximum Gasteiger partial charge on any atom is 0.325 e. The van der Waals surface area contributed by atoms with Crippen LogP contribution in [0.5, 0.6) is 5.75 Å². The molecule has 4 amide bonds. The highest BCUT2D eigenvalue weighted by atomic mass is 16.5. The summed E-state index contributed by atoms with van der Waals surface area (Å²) in [5, 5.41) is 3.06. The molecule has 2 heterocycles. The van der Waals surface area contributed by atoms with E-state index in [0.717, 1.165) is 11.3 Å². The van der Waals surface area contributed by atoms with Crippen LogP contribution < -0.4 is 10.1 Å². The van der Waals surface area contributed by atoms with Crippen molar-refractivity contribution in [1.82, 2.24) is 15.1 Å². The molecule has 4 rings (SSSR count). The normalized spacial score (nSPS) is 20.0. The SMILES string of the molecule is CC#CCN1C(=O)N[C@@](CCc2ccccc2)(C2CCN(C(=O)CCOc3ccccc3)CC2)C1=O. The summed E-state index contributed by atoms with van der Waals surface area (Å²) in [6.07, 6.45) is 2.80. The van der Waals surface area contributed by atoms with Crippen molar-refractivity contribution in [1.29, 1.82) is 0 Å². The molecule has 2 aliphatic rings. The quantitative estimate of drug-likeness (QED) is 0.433. The van der Waals surface area contributed by atoms with E-state index in [9.17, 15) is 14.4 Å². The molecule has 7 heteroatoms. The average Bonchev–Trinajstić information content (AvgIpc) is 3.16. The van der Waals surface area contributed by atoms with Gasteiger partial charge in [-0.3, -0.25) is 14.5 Å². The van der Waals surface area contributed by atoms with Gasteiger partial charge in [0.05, 0.1) is 19.6 Å². The first-order chi connectivity index (χ1) is 17.5. The molecule has 1 atom stereocenters. The summed E-state index contributed by atoms with van der Waals surface area (Å²) in [4.78, 5) is 42.3. The third-order valence-corrected chi connectivity index (χ3v) is 7.14. The number of nitrogens with zero attached hydrogens (tertiary/aromatic N) is 2. The summed E-state index contributed by atoms with van der Waals surface area (Å²) in [5.74, 6) is 6.15. The number of nitrogens with one attached hydrogen (secondary N) is 1. The van der Waals surface area contributed by atoms with Gasteiger partial charge >= 0.3 is 6.03 Å². The molecule has 0 bridgehead atoms. The molecule has 0 aromatic heterocycles. The number of para-hydroxylation sites is 1. The van der Waals surface area contributed by atoms with Crippen LogP contribution in [0.1, 0.15) is 38.2 Å². The van der Waals surface area contributed by atoms with Crippen LogP contribution in [-0.2, 0) is 16.0 Å². The van der Waals surface area contributed by atoms with Crippen molar-refractivity contribution in [2.45, 2.75) is 44.6 Å². The van der Waals surface area contributed by atoms with Crippen LogP contribution in [0.3, 0.4) is 0 Å². The van der Waals surface area contributed by atoms with Gasteiger partial charge in [0.1, 0.15) is 11.3 Å². The molecule has 2 fully saturated rings. The fourth-order valence-corrected chi connectivity index (χ4v) is 5.14. The van der Waals surface area contributed by atoms with Crippen molar-refractivity contribution < 1.29 is 19.1 Å². The van der Waals surface area contributed by atoms with E-state index in [4.69, 9.17) is 4.74 Å². The third kappa shape index (κ3) is 5.71. The fraction of sp³-hybridized carbons (Fsp3) is 0.414. The maximum atomic E-state index is 13.6. The number of benzene rings is 2. The highest BCUT2D eigenvalue weighted by Crippen LogP contribution is 2.37. The Hall–Kier alpha value is -3.79. The molecule has 0 spiro atoms. The minimum absolute atomic E-state index is 0.0457. The Morgan fingerprint density at radius 2 is 1.72 bits per heavy atom. The summed E-state index contributed by atoms with van der Waals surface area (Å²) in [6.45, 7) is 3.22. The van der Waals surface area contributed by atoms with Gasteiger partial charge in [0, 0.05) is 13.1 Å². The van der Waals surface area contributed by atoms with Crippen LogP contribution in [0.4, 0.5) is 4.79 Å². The van der Waals surface area contributed by atoms with Gasteiger partial charge in [0.15, 0.2) is 0 Å². The molecule has 2 saturated heterocycles. The van der Waals surface area contributed by atoms with Crippen molar-refractivity contribution in [3.05, 3.63) is 66.2 Å². The van der Waals surface area contributed by atoms with Crippen LogP contribution in [0.25, 0.3) is 0 Å². The number of aryl methyl sites for hydroxylation is 1. The number of carbonyl (C=O) groups is 3. The van der Waals surface area contributed by atoms with E-state index in [1.807, 2.05) is 65.6 Å². The zero-order chi connectivity index (χ0) is 25.4. The van der Waals surface area contributed by atoms with E-state index >= 15 is 0 Å². The van der Waals surface area contributed by atoms with Gasteiger partial charge in [-0.25, -0.2) is 4.79 Å². The zero-order valence-electron chi connectivity index (χ0n) is 20.7. The lowest BCUT2D eigenvalue weighted by Crippen LogP contribution is -2.57. The minimum Gasteiger partial charge on any atom is -0.493 e. The number of amides is 4. The molecule has 1 N–H and O–H groups in total. The molecule has 0 saturated carbocycles. The minimum atomic E-state index is -0.978. The Morgan fingerprint density at radius 1 is 1.06 bits per heavy atom. The predicted molar refractivity (Wildman–Crippen MR) is 137 cm³/mol. The lowest BCUT2D eigenvalue weighted by atomic mass is 9.74. The highest BCUT2D eigenvalue weighted by Gasteiger charge is 2.55. The highest BCUT2D eigenvalue weighted by molar-refractivity contribution is 6.07. The lowest BCUT2D eigenvalue weighted by Gasteiger charge is -2.41. The molecular weight excluding hydrogens is 454 g/mol. The predicted octanol–water partition coefficient (Wildman–Crippen LogP) is 3.64. The summed E-state index contributed by atoms with van der Waals surface area (Å²) >= 11 is 0. The van der Waals surface area contributed by atoms with E-state index < -0.39 is 5.54 Å². The van der Waals surface area contributed by atoms with Gasteiger partial charge in [0.2, 0.25) is 5.91 Å². The van der Waals surface area contributed by atoms with Crippen LogP contribution in [-0.4, -0.2) is 59.4 Å². The molecule has 0 unspecified atom stereocenters. The number of piperidine rings is 1. The Bertz CT molecular complexity index is 1120. The Labute approximate surface area is 212 Å². The third-order valence-electron chi connectivity index (χ3n) is 7.14. The Morgan fingerprint density at radius 3 is 2.39 bits per heavy atom. The van der Waals surface area contributed by atoms with E-state index in [-0.39, 0.29) is 30.3 Å². The monoisotopic (exact) mass is 487 g/mol. The number of ether oxygens (including phenoxy) is 1. The molecule has 2 aliphatic heterocycles. The molecule has 0 aliphatic carbocycles. The van der Waals surface area contributed by atoms with Gasteiger partial charge in [-0.2, -0.15) is 0 Å². The topological polar surface area (TPSA) is 79.0 Å². The van der Waals surface area contributed by atoms with Crippen molar-refractivity contribution in [2.24, 2.45) is 5.92 Å². The van der Waals surface area contributed by atoms with Gasteiger partial charge < -0.3 is 15.0 Å². The molecule has 7 nitrogen and oxygen atoms in total. The smallest absolute Gasteiger partial charge is 0.325 e. The second-order valence-electron chi connectivity index (χ2n) is 9.27. The molecule has 2 aromatic rings. The maximum absolute atomic E-state index is 13.6. The van der Waals surface area contributed by atoms with Crippen LogP contribution in [0.15, 0.2) is 60.7 Å². The number of hydrogen-bond acceptors (Lipinski definition) is 4. The average molecular weight is 488 g/mol. The molecule has 0 radical (unpaired) electrons. The number of urea groups is 1.